The molecule has 0 saturated heterocycles. The lowest BCUT2D eigenvalue weighted by Crippen LogP contribution is -2.41. The quantitative estimate of drug-likeness (QED) is 0.104. The van der Waals surface area contributed by atoms with Crippen LogP contribution in [0.4, 0.5) is 18.9 Å². The number of aliphatic hydroxyl groups excluding tert-OH is 1. The fourth-order valence-electron chi connectivity index (χ4n) is 4.71. The molecule has 2 heterocycles. The highest BCUT2D eigenvalue weighted by atomic mass is 19.4. The molecule has 15 nitrogen and oxygen atoms in total. The first-order valence-electron chi connectivity index (χ1n) is 16.2. The number of carbonyl (C=O) groups excluding carboxylic acids is 5. The predicted molar refractivity (Wildman–Crippen MR) is 175 cm³/mol. The minimum absolute atomic E-state index is 0.0223. The third-order valence-corrected chi connectivity index (χ3v) is 7.14. The Morgan fingerprint density at radius 3 is 2.51 bits per heavy atom. The Bertz CT molecular complexity index is 1790. The van der Waals surface area contributed by atoms with Crippen molar-refractivity contribution in [1.82, 2.24) is 25.6 Å². The molecule has 0 saturated carbocycles. The van der Waals surface area contributed by atoms with Gasteiger partial charge in [-0.2, -0.15) is 13.2 Å². The van der Waals surface area contributed by atoms with Crippen molar-refractivity contribution >= 4 is 46.2 Å². The molecular formula is C33H39F3N6O9. The normalized spacial score (nSPS) is 12.8. The van der Waals surface area contributed by atoms with E-state index in [1.807, 2.05) is 0 Å². The van der Waals surface area contributed by atoms with E-state index in [-0.39, 0.29) is 84.4 Å². The van der Waals surface area contributed by atoms with Crippen LogP contribution >= 0.6 is 0 Å². The second-order valence-electron chi connectivity index (χ2n) is 11.6. The topological polar surface area (TPSA) is 210 Å². The Kier molecular flexibility index (Phi) is 14.1. The largest absolute Gasteiger partial charge is 0.471 e. The fraction of sp³-hybridized carbons (Fsp3) is 0.455. The molecule has 3 rings (SSSR count). The van der Waals surface area contributed by atoms with Gasteiger partial charge in [-0.1, -0.05) is 0 Å². The molecule has 0 bridgehead atoms. The van der Waals surface area contributed by atoms with Gasteiger partial charge in [0.15, 0.2) is 5.65 Å². The van der Waals surface area contributed by atoms with E-state index in [1.165, 1.54) is 50.4 Å². The third kappa shape index (κ3) is 12.9. The number of hydrogen-bond donors (Lipinski definition) is 4. The predicted octanol–water partition coefficient (Wildman–Crippen LogP) is 1.89. The number of nitrogens with one attached hydrogen (secondary N) is 3. The van der Waals surface area contributed by atoms with E-state index in [0.717, 1.165) is 0 Å². The molecule has 0 aliphatic carbocycles. The van der Waals surface area contributed by atoms with Gasteiger partial charge in [-0.25, -0.2) is 9.97 Å². The van der Waals surface area contributed by atoms with Gasteiger partial charge in [0, 0.05) is 50.0 Å². The van der Waals surface area contributed by atoms with Crippen molar-refractivity contribution in [3.63, 3.8) is 0 Å². The number of esters is 1. The summed E-state index contributed by atoms with van der Waals surface area (Å²) in [4.78, 5) is 83.6. The van der Waals surface area contributed by atoms with Crippen LogP contribution < -0.4 is 21.1 Å². The maximum Gasteiger partial charge on any atom is 0.471 e. The Hall–Kier alpha value is -5.23. The van der Waals surface area contributed by atoms with Crippen molar-refractivity contribution in [3.05, 3.63) is 63.8 Å². The minimum atomic E-state index is -5.25. The molecule has 18 heteroatoms. The Labute approximate surface area is 291 Å². The maximum absolute atomic E-state index is 13.6. The average Bonchev–Trinajstić information content (AvgIpc) is 3.07. The van der Waals surface area contributed by atoms with E-state index >= 15 is 0 Å². The standard InChI is InChI=1S/C33H39F3N6O9/c1-19(5-10-28(46)37-11-4-12-50-18-25(17-43)51-21(3)45)39-30(47)23-6-8-24(9-7-23)42(32(49)33(34,35)36)16-22-14-26-29(38-15-22)40-27(13-20(2)44)41-31(26)48/h6-9,14-15,19,25,43H,4-5,10-13,16-18H2,1-3H3,(H,37,46)(H,39,47)(H,38,40,41,48)/t19-,25?/m1/s1/i43D. The molecule has 0 radical (unpaired) electrons. The number of ketones is 1. The molecule has 2 atom stereocenters. The number of carbonyl (C=O) groups is 5. The number of aliphatic hydroxyl groups is 1. The monoisotopic (exact) mass is 721 g/mol. The summed E-state index contributed by atoms with van der Waals surface area (Å²) in [6.07, 6.45) is -4.08. The van der Waals surface area contributed by atoms with Crippen molar-refractivity contribution in [1.29, 1.82) is 1.43 Å². The van der Waals surface area contributed by atoms with Crippen LogP contribution in [0.2, 0.25) is 0 Å². The Morgan fingerprint density at radius 2 is 1.86 bits per heavy atom. The molecule has 3 amide bonds. The van der Waals surface area contributed by atoms with Gasteiger partial charge in [0.2, 0.25) is 7.34 Å². The molecule has 0 fully saturated rings. The first kappa shape index (κ1) is 38.6. The number of alkyl halides is 3. The minimum Gasteiger partial charge on any atom is -0.458 e. The molecule has 3 aromatic rings. The van der Waals surface area contributed by atoms with Crippen LogP contribution in [-0.4, -0.2) is 95.7 Å². The highest BCUT2D eigenvalue weighted by Gasteiger charge is 2.43. The molecule has 0 spiro atoms. The highest BCUT2D eigenvalue weighted by molar-refractivity contribution is 5.99. The zero-order valence-electron chi connectivity index (χ0n) is 29.1. The molecule has 276 valence electrons. The second kappa shape index (κ2) is 18.7. The zero-order chi connectivity index (χ0) is 38.4. The summed E-state index contributed by atoms with van der Waals surface area (Å²) < 4.78 is 57.9. The lowest BCUT2D eigenvalue weighted by atomic mass is 10.1. The number of hydrogen-bond acceptors (Lipinski definition) is 11. The smallest absolute Gasteiger partial charge is 0.458 e. The number of aromatic amines is 1. The zero-order valence-corrected chi connectivity index (χ0v) is 28.1. The Morgan fingerprint density at radius 1 is 1.14 bits per heavy atom. The number of rotatable bonds is 19. The Balaban J connectivity index is 1.54. The van der Waals surface area contributed by atoms with Gasteiger partial charge in [0.05, 0.1) is 31.6 Å². The van der Waals surface area contributed by atoms with Crippen LogP contribution in [-0.2, 0) is 41.6 Å². The number of fused-ring (bicyclic) bond motifs is 1. The summed E-state index contributed by atoms with van der Waals surface area (Å²) in [5.41, 5.74) is -0.672. The number of aromatic nitrogens is 3. The number of Topliss-reactive ketones (excluding diaryl/α,β-unsaturated/α-hetero) is 1. The van der Waals surface area contributed by atoms with Crippen molar-refractivity contribution in [2.24, 2.45) is 0 Å². The molecule has 1 unspecified atom stereocenters. The summed E-state index contributed by atoms with van der Waals surface area (Å²) in [5, 5.41) is 9.62. The SMILES string of the molecule is [2H]OCC(COCCCNC(=O)CC[C@@H](C)NC(=O)c1ccc(N(Cc2cnc3nc(CC(C)=O)[nH]c(=O)c3c2)C(=O)C(F)(F)F)cc1)OC(C)=O. The van der Waals surface area contributed by atoms with Crippen molar-refractivity contribution in [2.45, 2.75) is 71.3 Å². The van der Waals surface area contributed by atoms with E-state index in [1.54, 1.807) is 6.92 Å². The first-order chi connectivity index (χ1) is 24.6. The molecular weight excluding hydrogens is 681 g/mol. The van der Waals surface area contributed by atoms with Crippen molar-refractivity contribution < 1.29 is 51.7 Å². The van der Waals surface area contributed by atoms with Gasteiger partial charge < -0.3 is 35.1 Å². The van der Waals surface area contributed by atoms with Gasteiger partial charge in [0.25, 0.3) is 11.5 Å². The van der Waals surface area contributed by atoms with Crippen LogP contribution in [0.1, 0.15) is 61.8 Å². The van der Waals surface area contributed by atoms with Crippen LogP contribution in [0.5, 0.6) is 0 Å². The van der Waals surface area contributed by atoms with Crippen LogP contribution in [0.3, 0.4) is 0 Å². The number of pyridine rings is 1. The van der Waals surface area contributed by atoms with E-state index in [9.17, 15) is 41.9 Å². The number of nitrogens with zero attached hydrogens (tertiary/aromatic N) is 3. The lowest BCUT2D eigenvalue weighted by Gasteiger charge is -2.24. The number of H-pyrrole nitrogens is 1. The van der Waals surface area contributed by atoms with Crippen LogP contribution in [0.15, 0.2) is 41.3 Å². The maximum atomic E-state index is 13.6. The van der Waals surface area contributed by atoms with Crippen LogP contribution in [0, 0.1) is 0 Å². The third-order valence-electron chi connectivity index (χ3n) is 7.14. The second-order valence-corrected chi connectivity index (χ2v) is 11.6. The van der Waals surface area contributed by atoms with Gasteiger partial charge in [-0.3, -0.25) is 28.8 Å². The molecule has 4 N–H and O–H groups in total. The number of amides is 3. The average molecular weight is 722 g/mol. The molecule has 0 aliphatic rings. The summed E-state index contributed by atoms with van der Waals surface area (Å²) in [6.45, 7) is 4.06. The fourth-order valence-corrected chi connectivity index (χ4v) is 4.71. The van der Waals surface area contributed by atoms with Crippen LogP contribution in [0.25, 0.3) is 11.0 Å². The summed E-state index contributed by atoms with van der Waals surface area (Å²) in [6, 6.07) is 5.67. The van der Waals surface area contributed by atoms with E-state index in [0.29, 0.717) is 17.9 Å². The first-order valence-corrected chi connectivity index (χ1v) is 15.8. The number of anilines is 1. The summed E-state index contributed by atoms with van der Waals surface area (Å²) in [7, 11) is 0. The van der Waals surface area contributed by atoms with E-state index in [2.05, 4.69) is 30.7 Å². The van der Waals surface area contributed by atoms with Gasteiger partial charge in [0.1, 0.15) is 17.7 Å². The van der Waals surface area contributed by atoms with Crippen molar-refractivity contribution in [3.8, 4) is 0 Å². The number of ether oxygens (including phenoxy) is 2. The van der Waals surface area contributed by atoms with Gasteiger partial charge >= 0.3 is 18.1 Å². The lowest BCUT2D eigenvalue weighted by molar-refractivity contribution is -0.170. The van der Waals surface area contributed by atoms with E-state index in [4.69, 9.17) is 10.9 Å². The highest BCUT2D eigenvalue weighted by Crippen LogP contribution is 2.26. The number of benzene rings is 1. The summed E-state index contributed by atoms with van der Waals surface area (Å²) in [5.74, 6) is -3.70. The molecule has 1 aromatic carbocycles. The van der Waals surface area contributed by atoms with Gasteiger partial charge in [-0.05, 0) is 62.6 Å². The molecule has 2 aromatic heterocycles. The number of halogens is 3. The van der Waals surface area contributed by atoms with E-state index < -0.39 is 48.2 Å². The molecule has 51 heavy (non-hydrogen) atoms. The van der Waals surface area contributed by atoms with Crippen molar-refractivity contribution in [2.75, 3.05) is 31.3 Å². The summed E-state index contributed by atoms with van der Waals surface area (Å²) >= 11 is 0. The molecule has 0 aliphatic heterocycles. The van der Waals surface area contributed by atoms with Gasteiger partial charge in [-0.15, -0.1) is 0 Å².